The van der Waals surface area contributed by atoms with Gasteiger partial charge in [0.25, 0.3) is 0 Å². The first kappa shape index (κ1) is 14.8. The molecule has 1 atom stereocenters. The number of aromatic nitrogens is 4. The summed E-state index contributed by atoms with van der Waals surface area (Å²) in [4.78, 5) is 14.4. The Morgan fingerprint density at radius 2 is 2.14 bits per heavy atom. The van der Waals surface area contributed by atoms with Gasteiger partial charge in [-0.05, 0) is 23.8 Å². The van der Waals surface area contributed by atoms with Gasteiger partial charge in [-0.2, -0.15) is 5.21 Å². The molecule has 0 aliphatic carbocycles. The molecule has 0 spiro atoms. The molecule has 3 rings (SSSR count). The number of H-pyrrole nitrogens is 1. The Balaban J connectivity index is 1.77. The van der Waals surface area contributed by atoms with Gasteiger partial charge in [0.05, 0.1) is 5.92 Å². The third-order valence-corrected chi connectivity index (χ3v) is 5.13. The molecule has 1 aromatic carbocycles. The number of carbonyl (C=O) groups is 1. The maximum absolute atomic E-state index is 12.6. The number of rotatable bonds is 3. The molecule has 1 N–H and O–H groups in total. The Hall–Kier alpha value is -2.09. The number of benzene rings is 1. The number of amides is 1. The number of hydrogen-bond donors (Lipinski definition) is 1. The normalized spacial score (nSPS) is 17.4. The molecular formula is C14H17N5O2S. The van der Waals surface area contributed by atoms with Crippen LogP contribution < -0.4 is 0 Å². The fourth-order valence-corrected chi connectivity index (χ4v) is 3.56. The minimum absolute atomic E-state index is 0.0713. The van der Waals surface area contributed by atoms with Crippen LogP contribution in [0.4, 0.5) is 0 Å². The van der Waals surface area contributed by atoms with Crippen LogP contribution >= 0.6 is 0 Å². The third-order valence-electron chi connectivity index (χ3n) is 3.85. The maximum Gasteiger partial charge on any atom is 0.229 e. The predicted octanol–water partition coefficient (Wildman–Crippen LogP) is 0.561. The molecule has 8 heteroatoms. The third kappa shape index (κ3) is 3.06. The maximum atomic E-state index is 12.6. The predicted molar refractivity (Wildman–Crippen MR) is 82.5 cm³/mol. The van der Waals surface area contributed by atoms with Crippen molar-refractivity contribution in [2.45, 2.75) is 12.8 Å². The van der Waals surface area contributed by atoms with Crippen LogP contribution in [0.3, 0.4) is 0 Å². The zero-order valence-corrected chi connectivity index (χ0v) is 13.0. The molecule has 1 saturated heterocycles. The van der Waals surface area contributed by atoms with Crippen molar-refractivity contribution < 1.29 is 9.00 Å². The summed E-state index contributed by atoms with van der Waals surface area (Å²) in [5.74, 6) is 1.47. The Labute approximate surface area is 130 Å². The number of carbonyl (C=O) groups excluding carboxylic acids is 1. The van der Waals surface area contributed by atoms with E-state index in [1.165, 1.54) is 0 Å². The minimum Gasteiger partial charge on any atom is -0.340 e. The van der Waals surface area contributed by atoms with E-state index in [9.17, 15) is 9.00 Å². The first-order valence-electron chi connectivity index (χ1n) is 7.12. The fraction of sp³-hybridized carbons (Fsp3) is 0.429. The van der Waals surface area contributed by atoms with Gasteiger partial charge >= 0.3 is 0 Å². The summed E-state index contributed by atoms with van der Waals surface area (Å²) >= 11 is 0. The zero-order valence-electron chi connectivity index (χ0n) is 12.2. The van der Waals surface area contributed by atoms with E-state index in [0.717, 1.165) is 11.1 Å². The number of hydrogen-bond acceptors (Lipinski definition) is 5. The monoisotopic (exact) mass is 319 g/mol. The van der Waals surface area contributed by atoms with Gasteiger partial charge in [-0.1, -0.05) is 18.2 Å². The van der Waals surface area contributed by atoms with Crippen molar-refractivity contribution in [3.8, 4) is 11.4 Å². The van der Waals surface area contributed by atoms with Crippen LogP contribution in [0.15, 0.2) is 24.3 Å². The molecule has 0 bridgehead atoms. The molecule has 1 amide bonds. The topological polar surface area (TPSA) is 91.8 Å². The Morgan fingerprint density at radius 3 is 2.82 bits per heavy atom. The van der Waals surface area contributed by atoms with Gasteiger partial charge in [0.15, 0.2) is 0 Å². The van der Waals surface area contributed by atoms with E-state index in [2.05, 4.69) is 20.6 Å². The highest BCUT2D eigenvalue weighted by Gasteiger charge is 2.25. The number of nitrogens with zero attached hydrogens (tertiary/aromatic N) is 4. The molecule has 1 aromatic heterocycles. The standard InChI is InChI=1S/C14H17N5O2S/c1-10(14(20)19-5-7-22(21)8-6-19)11-3-2-4-12(9-11)13-15-17-18-16-13/h2-4,9-10H,5-8H2,1H3,(H,15,16,17,18). The van der Waals surface area contributed by atoms with Gasteiger partial charge in [-0.3, -0.25) is 9.00 Å². The first-order chi connectivity index (χ1) is 10.6. The Bertz CT molecular complexity index is 678. The molecule has 22 heavy (non-hydrogen) atoms. The van der Waals surface area contributed by atoms with E-state index >= 15 is 0 Å². The number of tetrazole rings is 1. The van der Waals surface area contributed by atoms with Crippen molar-refractivity contribution in [1.29, 1.82) is 0 Å². The second kappa shape index (κ2) is 6.35. The highest BCUT2D eigenvalue weighted by molar-refractivity contribution is 7.85. The molecular weight excluding hydrogens is 302 g/mol. The Morgan fingerprint density at radius 1 is 1.36 bits per heavy atom. The van der Waals surface area contributed by atoms with Crippen LogP contribution in [0, 0.1) is 0 Å². The molecule has 7 nitrogen and oxygen atoms in total. The Kier molecular flexibility index (Phi) is 4.28. The van der Waals surface area contributed by atoms with Crippen molar-refractivity contribution in [2.75, 3.05) is 24.6 Å². The van der Waals surface area contributed by atoms with Gasteiger partial charge in [-0.15, -0.1) is 10.2 Å². The number of aromatic amines is 1. The summed E-state index contributed by atoms with van der Waals surface area (Å²) in [6.07, 6.45) is 0. The van der Waals surface area contributed by atoms with Crippen LogP contribution in [0.2, 0.25) is 0 Å². The van der Waals surface area contributed by atoms with Crippen LogP contribution in [0.5, 0.6) is 0 Å². The average Bonchev–Trinajstić information content (AvgIpc) is 3.09. The van der Waals surface area contributed by atoms with Crippen LogP contribution in [0.1, 0.15) is 18.4 Å². The molecule has 1 aliphatic heterocycles. The molecule has 1 aliphatic rings. The van der Waals surface area contributed by atoms with Crippen LogP contribution in [0.25, 0.3) is 11.4 Å². The van der Waals surface area contributed by atoms with Gasteiger partial charge < -0.3 is 4.90 Å². The lowest BCUT2D eigenvalue weighted by Gasteiger charge is -2.29. The van der Waals surface area contributed by atoms with E-state index < -0.39 is 10.8 Å². The summed E-state index contributed by atoms with van der Waals surface area (Å²) < 4.78 is 11.4. The van der Waals surface area contributed by atoms with Crippen LogP contribution in [-0.4, -0.2) is 60.2 Å². The fourth-order valence-electron chi connectivity index (χ4n) is 2.51. The zero-order chi connectivity index (χ0) is 15.5. The lowest BCUT2D eigenvalue weighted by molar-refractivity contribution is -0.132. The van der Waals surface area contributed by atoms with E-state index in [1.54, 1.807) is 4.90 Å². The van der Waals surface area contributed by atoms with Crippen molar-refractivity contribution in [2.24, 2.45) is 0 Å². The molecule has 116 valence electrons. The largest absolute Gasteiger partial charge is 0.340 e. The van der Waals surface area contributed by atoms with E-state index in [0.29, 0.717) is 30.4 Å². The van der Waals surface area contributed by atoms with Crippen molar-refractivity contribution in [3.63, 3.8) is 0 Å². The summed E-state index contributed by atoms with van der Waals surface area (Å²) in [6.45, 7) is 3.03. The van der Waals surface area contributed by atoms with Gasteiger partial charge in [0.2, 0.25) is 11.7 Å². The average molecular weight is 319 g/mol. The van der Waals surface area contributed by atoms with Gasteiger partial charge in [0.1, 0.15) is 0 Å². The summed E-state index contributed by atoms with van der Waals surface area (Å²) in [5.41, 5.74) is 1.74. The van der Waals surface area contributed by atoms with Gasteiger partial charge in [-0.25, -0.2) is 0 Å². The summed E-state index contributed by atoms with van der Waals surface area (Å²) in [7, 11) is -0.780. The lowest BCUT2D eigenvalue weighted by Crippen LogP contribution is -2.43. The van der Waals surface area contributed by atoms with Gasteiger partial charge in [0, 0.05) is 41.0 Å². The van der Waals surface area contributed by atoms with Crippen molar-refractivity contribution in [3.05, 3.63) is 29.8 Å². The van der Waals surface area contributed by atoms with Crippen LogP contribution in [-0.2, 0) is 15.6 Å². The highest BCUT2D eigenvalue weighted by Crippen LogP contribution is 2.23. The molecule has 2 aromatic rings. The lowest BCUT2D eigenvalue weighted by atomic mass is 9.97. The van der Waals surface area contributed by atoms with E-state index in [4.69, 9.17) is 0 Å². The van der Waals surface area contributed by atoms with E-state index in [-0.39, 0.29) is 11.8 Å². The molecule has 1 fully saturated rings. The quantitative estimate of drug-likeness (QED) is 0.892. The first-order valence-corrected chi connectivity index (χ1v) is 8.61. The molecule has 1 unspecified atom stereocenters. The summed E-state index contributed by atoms with van der Waals surface area (Å²) in [5, 5.41) is 13.9. The smallest absolute Gasteiger partial charge is 0.229 e. The van der Waals surface area contributed by atoms with Crippen molar-refractivity contribution >= 4 is 16.7 Å². The SMILES string of the molecule is CC(C(=O)N1CCS(=O)CC1)c1cccc(-c2nn[nH]n2)c1. The second-order valence-corrected chi connectivity index (χ2v) is 6.95. The minimum atomic E-state index is -0.780. The molecule has 0 radical (unpaired) electrons. The molecule has 0 saturated carbocycles. The van der Waals surface area contributed by atoms with E-state index in [1.807, 2.05) is 31.2 Å². The summed E-state index contributed by atoms with van der Waals surface area (Å²) in [6, 6.07) is 7.61. The number of nitrogens with one attached hydrogen (secondary N) is 1. The molecule has 2 heterocycles. The second-order valence-electron chi connectivity index (χ2n) is 5.26. The van der Waals surface area contributed by atoms with Crippen molar-refractivity contribution in [1.82, 2.24) is 25.5 Å². The highest BCUT2D eigenvalue weighted by atomic mass is 32.2.